The van der Waals surface area contributed by atoms with E-state index in [4.69, 9.17) is 0 Å². The monoisotopic (exact) mass is 286 g/mol. The zero-order valence-electron chi connectivity index (χ0n) is 15.7. The van der Waals surface area contributed by atoms with Gasteiger partial charge in [0.15, 0.2) is 0 Å². The van der Waals surface area contributed by atoms with Crippen LogP contribution in [0, 0.1) is 11.8 Å². The van der Waals surface area contributed by atoms with Crippen molar-refractivity contribution in [1.82, 2.24) is 9.80 Å². The Labute approximate surface area is 129 Å². The summed E-state index contributed by atoms with van der Waals surface area (Å²) in [4.78, 5) is 4.81. The van der Waals surface area contributed by atoms with E-state index in [0.717, 1.165) is 11.8 Å². The summed E-state index contributed by atoms with van der Waals surface area (Å²) in [6, 6.07) is 0. The van der Waals surface area contributed by atoms with Gasteiger partial charge in [0.25, 0.3) is 0 Å². The molecular formula is C18H42N2. The molecule has 124 valence electrons. The second-order valence-corrected chi connectivity index (χ2v) is 6.00. The Balaban J connectivity index is 0. The topological polar surface area (TPSA) is 6.48 Å². The smallest absolute Gasteiger partial charge is 0.000398 e. The average molecular weight is 287 g/mol. The highest BCUT2D eigenvalue weighted by atomic mass is 15.1. The van der Waals surface area contributed by atoms with Gasteiger partial charge in [-0.2, -0.15) is 0 Å². The van der Waals surface area contributed by atoms with Crippen LogP contribution in [-0.4, -0.2) is 50.1 Å². The maximum Gasteiger partial charge on any atom is 0.000398 e. The fourth-order valence-corrected chi connectivity index (χ4v) is 2.56. The van der Waals surface area contributed by atoms with Crippen molar-refractivity contribution in [3.8, 4) is 0 Å². The van der Waals surface area contributed by atoms with Crippen LogP contribution in [0.1, 0.15) is 67.2 Å². The predicted octanol–water partition coefficient (Wildman–Crippen LogP) is 4.75. The Morgan fingerprint density at radius 2 is 1.15 bits per heavy atom. The highest BCUT2D eigenvalue weighted by Gasteiger charge is 2.11. The van der Waals surface area contributed by atoms with Crippen LogP contribution in [0.4, 0.5) is 0 Å². The van der Waals surface area contributed by atoms with Crippen LogP contribution in [0.15, 0.2) is 0 Å². The second-order valence-electron chi connectivity index (χ2n) is 6.00. The van der Waals surface area contributed by atoms with E-state index in [1.807, 2.05) is 27.7 Å². The molecule has 0 N–H and O–H groups in total. The lowest BCUT2D eigenvalue weighted by Crippen LogP contribution is -2.30. The largest absolute Gasteiger partial charge is 0.306 e. The van der Waals surface area contributed by atoms with Gasteiger partial charge in [-0.3, -0.25) is 0 Å². The minimum atomic E-state index is 0.939. The van der Waals surface area contributed by atoms with Crippen LogP contribution < -0.4 is 0 Å². The summed E-state index contributed by atoms with van der Waals surface area (Å²) in [6.07, 6.45) is 5.63. The molecule has 2 saturated heterocycles. The minimum Gasteiger partial charge on any atom is -0.306 e. The molecule has 20 heavy (non-hydrogen) atoms. The fourth-order valence-electron chi connectivity index (χ4n) is 2.56. The third kappa shape index (κ3) is 12.9. The van der Waals surface area contributed by atoms with Crippen LogP contribution in [-0.2, 0) is 0 Å². The molecule has 1 unspecified atom stereocenters. The molecule has 2 aliphatic heterocycles. The molecule has 2 nitrogen and oxygen atoms in total. The lowest BCUT2D eigenvalue weighted by Gasteiger charge is -2.26. The molecule has 0 aromatic heterocycles. The standard InChI is InChI=1S/2C7H15N.2C2H6/c1-7-3-5-8(2)6-4-7;1-7-4-3-5-8(2)6-7;2*1-2/h2*7H,3-6H2,1-2H3;2*1-2H3. The molecule has 0 bridgehead atoms. The lowest BCUT2D eigenvalue weighted by molar-refractivity contribution is 0.221. The molecule has 2 fully saturated rings. The van der Waals surface area contributed by atoms with E-state index < -0.39 is 0 Å². The number of nitrogens with zero attached hydrogens (tertiary/aromatic N) is 2. The Morgan fingerprint density at radius 3 is 1.45 bits per heavy atom. The van der Waals surface area contributed by atoms with E-state index in [1.54, 1.807) is 0 Å². The van der Waals surface area contributed by atoms with Crippen LogP contribution in [0.25, 0.3) is 0 Å². The number of piperidine rings is 2. The normalized spacial score (nSPS) is 24.3. The molecule has 0 aromatic rings. The minimum absolute atomic E-state index is 0.939. The predicted molar refractivity (Wildman–Crippen MR) is 94.5 cm³/mol. The van der Waals surface area contributed by atoms with E-state index in [2.05, 4.69) is 37.7 Å². The van der Waals surface area contributed by atoms with Gasteiger partial charge in [0.2, 0.25) is 0 Å². The summed E-state index contributed by atoms with van der Waals surface area (Å²) in [5.74, 6) is 1.92. The molecule has 2 heterocycles. The van der Waals surface area contributed by atoms with Gasteiger partial charge in [0, 0.05) is 6.54 Å². The molecule has 2 aliphatic rings. The number of rotatable bonds is 0. The summed E-state index contributed by atoms with van der Waals surface area (Å²) in [7, 11) is 4.40. The highest BCUT2D eigenvalue weighted by Crippen LogP contribution is 2.13. The first kappa shape index (κ1) is 22.2. The van der Waals surface area contributed by atoms with Gasteiger partial charge >= 0.3 is 0 Å². The Bertz CT molecular complexity index is 156. The first-order valence-corrected chi connectivity index (χ1v) is 8.95. The summed E-state index contributed by atoms with van der Waals surface area (Å²) in [6.45, 7) is 17.9. The third-order valence-corrected chi connectivity index (χ3v) is 3.87. The van der Waals surface area contributed by atoms with Gasteiger partial charge in [-0.15, -0.1) is 0 Å². The first-order chi connectivity index (χ1) is 9.58. The first-order valence-electron chi connectivity index (χ1n) is 8.95. The summed E-state index contributed by atoms with van der Waals surface area (Å²) in [5, 5.41) is 0. The van der Waals surface area contributed by atoms with Gasteiger partial charge < -0.3 is 9.80 Å². The molecule has 2 heteroatoms. The van der Waals surface area contributed by atoms with Crippen molar-refractivity contribution >= 4 is 0 Å². The number of likely N-dealkylation sites (tertiary alicyclic amines) is 2. The van der Waals surface area contributed by atoms with Crippen molar-refractivity contribution in [1.29, 1.82) is 0 Å². The second kappa shape index (κ2) is 15.3. The fraction of sp³-hybridized carbons (Fsp3) is 1.00. The lowest BCUT2D eigenvalue weighted by atomic mass is 10.00. The van der Waals surface area contributed by atoms with Crippen molar-refractivity contribution in [2.75, 3.05) is 40.3 Å². The van der Waals surface area contributed by atoms with Gasteiger partial charge in [0.1, 0.15) is 0 Å². The van der Waals surface area contributed by atoms with Gasteiger partial charge in [-0.05, 0) is 71.2 Å². The third-order valence-electron chi connectivity index (χ3n) is 3.87. The highest BCUT2D eigenvalue weighted by molar-refractivity contribution is 4.66. The van der Waals surface area contributed by atoms with Crippen LogP contribution in [0.5, 0.6) is 0 Å². The zero-order chi connectivity index (χ0) is 16.0. The molecule has 0 aliphatic carbocycles. The van der Waals surface area contributed by atoms with Crippen LogP contribution >= 0.6 is 0 Å². The van der Waals surface area contributed by atoms with E-state index >= 15 is 0 Å². The average Bonchev–Trinajstić information content (AvgIpc) is 2.47. The molecule has 1 atom stereocenters. The SMILES string of the molecule is CC.CC.CC1CCCN(C)C1.CC1CCN(C)CC1. The molecule has 0 amide bonds. The Hall–Kier alpha value is -0.0800. The number of hydrogen-bond acceptors (Lipinski definition) is 2. The van der Waals surface area contributed by atoms with Crippen molar-refractivity contribution < 1.29 is 0 Å². The maximum atomic E-state index is 2.41. The zero-order valence-corrected chi connectivity index (χ0v) is 15.7. The summed E-state index contributed by atoms with van der Waals surface area (Å²) in [5.41, 5.74) is 0. The Morgan fingerprint density at radius 1 is 0.650 bits per heavy atom. The van der Waals surface area contributed by atoms with Crippen molar-refractivity contribution in [3.63, 3.8) is 0 Å². The molecule has 0 aromatic carbocycles. The van der Waals surface area contributed by atoms with Crippen molar-refractivity contribution in [2.24, 2.45) is 11.8 Å². The van der Waals surface area contributed by atoms with Crippen molar-refractivity contribution in [2.45, 2.75) is 67.2 Å². The molecule has 2 rings (SSSR count). The Kier molecular flexibility index (Phi) is 17.0. The molecule has 0 spiro atoms. The van der Waals surface area contributed by atoms with Crippen LogP contribution in [0.3, 0.4) is 0 Å². The van der Waals surface area contributed by atoms with E-state index in [0.29, 0.717) is 0 Å². The summed E-state index contributed by atoms with van der Waals surface area (Å²) < 4.78 is 0. The molecular weight excluding hydrogens is 244 g/mol. The van der Waals surface area contributed by atoms with Gasteiger partial charge in [-0.25, -0.2) is 0 Å². The van der Waals surface area contributed by atoms with E-state index in [1.165, 1.54) is 51.9 Å². The number of hydrogen-bond donors (Lipinski definition) is 0. The van der Waals surface area contributed by atoms with Crippen molar-refractivity contribution in [3.05, 3.63) is 0 Å². The van der Waals surface area contributed by atoms with Crippen LogP contribution in [0.2, 0.25) is 0 Å². The van der Waals surface area contributed by atoms with Gasteiger partial charge in [-0.1, -0.05) is 41.5 Å². The molecule has 0 radical (unpaired) electrons. The quantitative estimate of drug-likeness (QED) is 0.634. The molecule has 0 saturated carbocycles. The van der Waals surface area contributed by atoms with Gasteiger partial charge in [0.05, 0.1) is 0 Å². The van der Waals surface area contributed by atoms with E-state index in [9.17, 15) is 0 Å². The summed E-state index contributed by atoms with van der Waals surface area (Å²) >= 11 is 0. The van der Waals surface area contributed by atoms with E-state index in [-0.39, 0.29) is 0 Å². The maximum absolute atomic E-state index is 2.41.